The van der Waals surface area contributed by atoms with Crippen molar-refractivity contribution in [1.29, 1.82) is 0 Å². The fraction of sp³-hybridized carbons (Fsp3) is 0.235. The van der Waals surface area contributed by atoms with Crippen LogP contribution in [0.25, 0.3) is 0 Å². The monoisotopic (exact) mass is 536 g/mol. The summed E-state index contributed by atoms with van der Waals surface area (Å²) >= 11 is 0. The second-order valence-corrected chi connectivity index (χ2v) is 10.6. The molecule has 4 aromatic carbocycles. The first-order valence-electron chi connectivity index (χ1n) is 13.4. The molecule has 0 bridgehead atoms. The molecule has 0 aliphatic rings. The largest absolute Gasteiger partial charge is 0.489 e. The van der Waals surface area contributed by atoms with Crippen molar-refractivity contribution in [2.75, 3.05) is 11.9 Å². The standard InChI is InChI=1S/C34H36N2O4/c1-34(2,3)40-33(38)36(21-20-26-12-6-4-7-13-26)24-27-14-11-19-31(23-27)39-25-28-15-10-18-30(22-28)35-32(37)29-16-8-5-9-17-29/h4-19,22-23H,20-21,24-25H2,1-3H3,(H,35,37). The van der Waals surface area contributed by atoms with E-state index in [1.165, 1.54) is 0 Å². The minimum absolute atomic E-state index is 0.159. The van der Waals surface area contributed by atoms with Crippen LogP contribution in [0, 0.1) is 0 Å². The molecule has 4 rings (SSSR count). The zero-order valence-electron chi connectivity index (χ0n) is 23.3. The third kappa shape index (κ3) is 9.02. The van der Waals surface area contributed by atoms with Crippen LogP contribution in [-0.4, -0.2) is 29.0 Å². The third-order valence-electron chi connectivity index (χ3n) is 6.06. The first-order valence-corrected chi connectivity index (χ1v) is 13.4. The summed E-state index contributed by atoms with van der Waals surface area (Å²) < 4.78 is 11.8. The molecule has 0 aliphatic heterocycles. The van der Waals surface area contributed by atoms with Gasteiger partial charge in [-0.3, -0.25) is 4.79 Å². The molecule has 0 atom stereocenters. The van der Waals surface area contributed by atoms with Gasteiger partial charge in [0.25, 0.3) is 5.91 Å². The fourth-order valence-corrected chi connectivity index (χ4v) is 4.12. The van der Waals surface area contributed by atoms with Crippen molar-refractivity contribution in [2.24, 2.45) is 0 Å². The molecule has 6 nitrogen and oxygen atoms in total. The number of nitrogens with one attached hydrogen (secondary N) is 1. The van der Waals surface area contributed by atoms with E-state index in [1.807, 2.05) is 106 Å². The van der Waals surface area contributed by atoms with Gasteiger partial charge in [0.2, 0.25) is 0 Å². The number of anilines is 1. The molecule has 0 spiro atoms. The first kappa shape index (κ1) is 28.4. The van der Waals surface area contributed by atoms with Crippen molar-refractivity contribution < 1.29 is 19.1 Å². The average molecular weight is 537 g/mol. The van der Waals surface area contributed by atoms with Crippen molar-refractivity contribution in [3.8, 4) is 5.75 Å². The maximum atomic E-state index is 13.0. The van der Waals surface area contributed by atoms with Gasteiger partial charge in [-0.1, -0.05) is 72.8 Å². The Bertz CT molecular complexity index is 1400. The smallest absolute Gasteiger partial charge is 0.410 e. The minimum Gasteiger partial charge on any atom is -0.489 e. The molecule has 206 valence electrons. The quantitative estimate of drug-likeness (QED) is 0.228. The van der Waals surface area contributed by atoms with Crippen molar-refractivity contribution in [2.45, 2.75) is 45.9 Å². The van der Waals surface area contributed by atoms with Gasteiger partial charge in [0.15, 0.2) is 0 Å². The fourth-order valence-electron chi connectivity index (χ4n) is 4.12. The molecular weight excluding hydrogens is 500 g/mol. The Kier molecular flexibility index (Phi) is 9.57. The van der Waals surface area contributed by atoms with Gasteiger partial charge in [0, 0.05) is 24.3 Å². The summed E-state index contributed by atoms with van der Waals surface area (Å²) in [4.78, 5) is 27.3. The molecule has 1 N–H and O–H groups in total. The van der Waals surface area contributed by atoms with Crippen LogP contribution in [0.5, 0.6) is 5.75 Å². The number of ether oxygens (including phenoxy) is 2. The number of hydrogen-bond acceptors (Lipinski definition) is 4. The maximum Gasteiger partial charge on any atom is 0.410 e. The molecule has 0 radical (unpaired) electrons. The zero-order chi connectivity index (χ0) is 28.4. The summed E-state index contributed by atoms with van der Waals surface area (Å²) in [6.07, 6.45) is 0.386. The van der Waals surface area contributed by atoms with Crippen LogP contribution in [0.1, 0.15) is 47.8 Å². The van der Waals surface area contributed by atoms with Gasteiger partial charge in [-0.05, 0) is 80.3 Å². The Morgan fingerprint density at radius 1 is 0.750 bits per heavy atom. The van der Waals surface area contributed by atoms with Gasteiger partial charge in [-0.15, -0.1) is 0 Å². The van der Waals surface area contributed by atoms with E-state index in [9.17, 15) is 9.59 Å². The lowest BCUT2D eigenvalue weighted by molar-refractivity contribution is 0.0235. The molecule has 0 saturated heterocycles. The van der Waals surface area contributed by atoms with Gasteiger partial charge in [-0.2, -0.15) is 0 Å². The Balaban J connectivity index is 1.39. The maximum absolute atomic E-state index is 13.0. The highest BCUT2D eigenvalue weighted by Crippen LogP contribution is 2.20. The Hall–Kier alpha value is -4.58. The van der Waals surface area contributed by atoms with E-state index in [2.05, 4.69) is 17.4 Å². The van der Waals surface area contributed by atoms with Crippen LogP contribution in [0.3, 0.4) is 0 Å². The van der Waals surface area contributed by atoms with Gasteiger partial charge in [-0.25, -0.2) is 4.79 Å². The lowest BCUT2D eigenvalue weighted by atomic mass is 10.1. The normalized spacial score (nSPS) is 11.0. The van der Waals surface area contributed by atoms with Crippen LogP contribution in [0.15, 0.2) is 109 Å². The molecule has 0 aliphatic carbocycles. The Morgan fingerprint density at radius 3 is 2.12 bits per heavy atom. The SMILES string of the molecule is CC(C)(C)OC(=O)N(CCc1ccccc1)Cc1cccc(OCc2cccc(NC(=O)c3ccccc3)c2)c1. The highest BCUT2D eigenvalue weighted by atomic mass is 16.6. The van der Waals surface area contributed by atoms with Crippen LogP contribution < -0.4 is 10.1 Å². The van der Waals surface area contributed by atoms with Gasteiger partial charge < -0.3 is 19.7 Å². The lowest BCUT2D eigenvalue weighted by Crippen LogP contribution is -2.37. The predicted octanol–water partition coefficient (Wildman–Crippen LogP) is 7.50. The van der Waals surface area contributed by atoms with E-state index >= 15 is 0 Å². The molecule has 2 amide bonds. The van der Waals surface area contributed by atoms with E-state index < -0.39 is 5.60 Å². The second-order valence-electron chi connectivity index (χ2n) is 10.6. The van der Waals surface area contributed by atoms with Crippen molar-refractivity contribution in [3.63, 3.8) is 0 Å². The lowest BCUT2D eigenvalue weighted by Gasteiger charge is -2.27. The summed E-state index contributed by atoms with van der Waals surface area (Å²) in [5, 5.41) is 2.93. The Labute approximate surface area is 236 Å². The van der Waals surface area contributed by atoms with E-state index in [0.717, 1.165) is 23.1 Å². The topological polar surface area (TPSA) is 67.9 Å². The molecule has 0 saturated carbocycles. The molecule has 4 aromatic rings. The van der Waals surface area contributed by atoms with Crippen molar-refractivity contribution >= 4 is 17.7 Å². The van der Waals surface area contributed by atoms with Crippen LogP contribution >= 0.6 is 0 Å². The molecule has 6 heteroatoms. The number of hydrogen-bond donors (Lipinski definition) is 1. The number of carbonyl (C=O) groups excluding carboxylic acids is 2. The molecule has 0 aromatic heterocycles. The molecule has 0 heterocycles. The molecular formula is C34H36N2O4. The summed E-state index contributed by atoms with van der Waals surface area (Å²) in [5.41, 5.74) is 3.76. The van der Waals surface area contributed by atoms with Gasteiger partial charge >= 0.3 is 6.09 Å². The molecule has 0 fully saturated rings. The van der Waals surface area contributed by atoms with Crippen LogP contribution in [-0.2, 0) is 24.3 Å². The predicted molar refractivity (Wildman–Crippen MR) is 158 cm³/mol. The zero-order valence-corrected chi connectivity index (χ0v) is 23.3. The number of amides is 2. The molecule has 0 unspecified atom stereocenters. The third-order valence-corrected chi connectivity index (χ3v) is 6.06. The van der Waals surface area contributed by atoms with Crippen molar-refractivity contribution in [1.82, 2.24) is 4.90 Å². The summed E-state index contributed by atoms with van der Waals surface area (Å²) in [7, 11) is 0. The van der Waals surface area contributed by atoms with Crippen LogP contribution in [0.4, 0.5) is 10.5 Å². The average Bonchev–Trinajstić information content (AvgIpc) is 2.94. The highest BCUT2D eigenvalue weighted by molar-refractivity contribution is 6.04. The van der Waals surface area contributed by atoms with E-state index in [-0.39, 0.29) is 12.0 Å². The van der Waals surface area contributed by atoms with Gasteiger partial charge in [0.1, 0.15) is 18.0 Å². The minimum atomic E-state index is -0.581. The van der Waals surface area contributed by atoms with Crippen molar-refractivity contribution in [3.05, 3.63) is 131 Å². The summed E-state index contributed by atoms with van der Waals surface area (Å²) in [6.45, 7) is 6.89. The van der Waals surface area contributed by atoms with E-state index in [4.69, 9.17) is 9.47 Å². The Morgan fingerprint density at radius 2 is 1.40 bits per heavy atom. The van der Waals surface area contributed by atoms with E-state index in [1.54, 1.807) is 17.0 Å². The highest BCUT2D eigenvalue weighted by Gasteiger charge is 2.22. The number of rotatable bonds is 10. The van der Waals surface area contributed by atoms with Crippen LogP contribution in [0.2, 0.25) is 0 Å². The van der Waals surface area contributed by atoms with E-state index in [0.29, 0.717) is 36.7 Å². The second kappa shape index (κ2) is 13.5. The first-order chi connectivity index (χ1) is 19.2. The number of carbonyl (C=O) groups is 2. The summed E-state index contributed by atoms with van der Waals surface area (Å²) in [6, 6.07) is 34.6. The number of nitrogens with zero attached hydrogens (tertiary/aromatic N) is 1. The number of benzene rings is 4. The van der Waals surface area contributed by atoms with Gasteiger partial charge in [0.05, 0.1) is 0 Å². The molecule has 40 heavy (non-hydrogen) atoms. The summed E-state index contributed by atoms with van der Waals surface area (Å²) in [5.74, 6) is 0.539.